The summed E-state index contributed by atoms with van der Waals surface area (Å²) in [5, 5.41) is 14.2. The van der Waals surface area contributed by atoms with Crippen LogP contribution in [0.5, 0.6) is 0 Å². The molecule has 0 bridgehead atoms. The molecule has 0 heterocycles. The van der Waals surface area contributed by atoms with E-state index in [1.807, 2.05) is 21.1 Å². The van der Waals surface area contributed by atoms with Gasteiger partial charge in [-0.2, -0.15) is 0 Å². The number of nitrogens with one attached hydrogen (secondary N) is 1. The summed E-state index contributed by atoms with van der Waals surface area (Å²) in [6, 6.07) is -0.763. The van der Waals surface area contributed by atoms with Gasteiger partial charge < -0.3 is 19.8 Å². The van der Waals surface area contributed by atoms with Gasteiger partial charge in [0, 0.05) is 6.42 Å². The van der Waals surface area contributed by atoms with E-state index in [4.69, 9.17) is 9.05 Å². The minimum absolute atomic E-state index is 0.0755. The molecule has 3 atom stereocenters. The van der Waals surface area contributed by atoms with Crippen molar-refractivity contribution >= 4 is 13.7 Å². The Bertz CT molecular complexity index is 1490. The number of aliphatic hydroxyl groups is 1. The van der Waals surface area contributed by atoms with Crippen molar-refractivity contribution in [2.24, 2.45) is 0 Å². The molecule has 0 aromatic rings. The molecule has 0 aliphatic heterocycles. The van der Waals surface area contributed by atoms with Gasteiger partial charge in [-0.3, -0.25) is 13.8 Å². The molecule has 0 radical (unpaired) electrons. The fraction of sp³-hybridized carbons (Fsp3) is 0.878. The van der Waals surface area contributed by atoms with Gasteiger partial charge in [0.2, 0.25) is 5.91 Å². The van der Waals surface area contributed by atoms with Gasteiger partial charge in [0.1, 0.15) is 13.2 Å². The molecule has 490 valence electrons. The molecular formula is C74H144N2O6P+. The van der Waals surface area contributed by atoms with Crippen LogP contribution in [0.15, 0.2) is 48.6 Å². The van der Waals surface area contributed by atoms with Crippen molar-refractivity contribution in [2.75, 3.05) is 40.9 Å². The Morgan fingerprint density at radius 3 is 1.06 bits per heavy atom. The number of hydrogen-bond acceptors (Lipinski definition) is 5. The molecule has 0 rings (SSSR count). The van der Waals surface area contributed by atoms with Gasteiger partial charge in [0.25, 0.3) is 0 Å². The molecule has 1 amide bonds. The Morgan fingerprint density at radius 2 is 0.723 bits per heavy atom. The highest BCUT2D eigenvalue weighted by Crippen LogP contribution is 2.43. The van der Waals surface area contributed by atoms with E-state index in [0.717, 1.165) is 64.2 Å². The smallest absolute Gasteiger partial charge is 0.391 e. The van der Waals surface area contributed by atoms with Gasteiger partial charge in [-0.1, -0.05) is 358 Å². The lowest BCUT2D eigenvalue weighted by molar-refractivity contribution is -0.870. The SMILES string of the molecule is CC/C=C\C/C=C\C/C=C\C/C=C\CCCCCCCCCCCCCCCCCCC(=O)NC(COP(=O)(O)OCC[N+](C)(C)C)C(O)CCCCCCCCCCCCCCCCCCCCCCCCCCCCCCCCCC. The summed E-state index contributed by atoms with van der Waals surface area (Å²) in [5.41, 5.74) is 0. The second kappa shape index (κ2) is 64.9. The molecule has 9 heteroatoms. The number of carbonyl (C=O) groups excluding carboxylic acids is 1. The number of rotatable bonds is 68. The fourth-order valence-electron chi connectivity index (χ4n) is 11.2. The van der Waals surface area contributed by atoms with Crippen molar-refractivity contribution in [3.8, 4) is 0 Å². The van der Waals surface area contributed by atoms with Crippen molar-refractivity contribution in [3.63, 3.8) is 0 Å². The first kappa shape index (κ1) is 81.5. The third kappa shape index (κ3) is 67.8. The average Bonchev–Trinajstić information content (AvgIpc) is 3.50. The normalized spacial score (nSPS) is 13.9. The molecular weight excluding hydrogens is 1040 g/mol. The van der Waals surface area contributed by atoms with Crippen LogP contribution in [0, 0.1) is 0 Å². The highest BCUT2D eigenvalue weighted by atomic mass is 31.2. The zero-order valence-electron chi connectivity index (χ0n) is 56.2. The van der Waals surface area contributed by atoms with E-state index >= 15 is 0 Å². The van der Waals surface area contributed by atoms with Gasteiger partial charge in [-0.05, 0) is 51.4 Å². The third-order valence-electron chi connectivity index (χ3n) is 16.8. The Labute approximate surface area is 518 Å². The Kier molecular flexibility index (Phi) is 63.7. The van der Waals surface area contributed by atoms with Gasteiger partial charge >= 0.3 is 7.82 Å². The maximum Gasteiger partial charge on any atom is 0.472 e. The second-order valence-electron chi connectivity index (χ2n) is 26.3. The Hall–Kier alpha value is -1.54. The number of allylic oxidation sites excluding steroid dienone is 8. The minimum Gasteiger partial charge on any atom is -0.391 e. The first-order chi connectivity index (χ1) is 40.5. The molecule has 8 nitrogen and oxygen atoms in total. The van der Waals surface area contributed by atoms with E-state index < -0.39 is 20.0 Å². The van der Waals surface area contributed by atoms with Crippen molar-refractivity contribution < 1.29 is 32.9 Å². The lowest BCUT2D eigenvalue weighted by Crippen LogP contribution is -2.46. The summed E-state index contributed by atoms with van der Waals surface area (Å²) < 4.78 is 23.9. The van der Waals surface area contributed by atoms with E-state index in [-0.39, 0.29) is 19.1 Å². The summed E-state index contributed by atoms with van der Waals surface area (Å²) in [6.07, 6.45) is 88.0. The average molecular weight is 1190 g/mol. The van der Waals surface area contributed by atoms with Gasteiger partial charge in [0.05, 0.1) is 39.9 Å². The van der Waals surface area contributed by atoms with Crippen molar-refractivity contribution in [3.05, 3.63) is 48.6 Å². The quantitative estimate of drug-likeness (QED) is 0.0243. The number of nitrogens with zero attached hydrogens (tertiary/aromatic N) is 1. The lowest BCUT2D eigenvalue weighted by Gasteiger charge is -2.26. The molecule has 0 aliphatic carbocycles. The van der Waals surface area contributed by atoms with Gasteiger partial charge in [-0.25, -0.2) is 4.57 Å². The van der Waals surface area contributed by atoms with Crippen LogP contribution in [-0.2, 0) is 18.4 Å². The van der Waals surface area contributed by atoms with E-state index in [1.165, 1.54) is 276 Å². The summed E-state index contributed by atoms with van der Waals surface area (Å²) >= 11 is 0. The Morgan fingerprint density at radius 1 is 0.422 bits per heavy atom. The molecule has 0 spiro atoms. The molecule has 0 aromatic carbocycles. The van der Waals surface area contributed by atoms with Crippen LogP contribution < -0.4 is 5.32 Å². The van der Waals surface area contributed by atoms with Crippen LogP contribution in [0.3, 0.4) is 0 Å². The zero-order chi connectivity index (χ0) is 60.5. The summed E-state index contributed by atoms with van der Waals surface area (Å²) in [7, 11) is 1.63. The maximum atomic E-state index is 13.1. The van der Waals surface area contributed by atoms with Crippen LogP contribution >= 0.6 is 7.82 Å². The van der Waals surface area contributed by atoms with Gasteiger partial charge in [-0.15, -0.1) is 0 Å². The number of likely N-dealkylation sites (N-methyl/N-ethyl adjacent to an activating group) is 1. The number of carbonyl (C=O) groups is 1. The topological polar surface area (TPSA) is 105 Å². The van der Waals surface area contributed by atoms with E-state index in [9.17, 15) is 19.4 Å². The number of unbranched alkanes of at least 4 members (excludes halogenated alkanes) is 47. The van der Waals surface area contributed by atoms with Crippen molar-refractivity contribution in [1.82, 2.24) is 5.32 Å². The third-order valence-corrected chi connectivity index (χ3v) is 17.8. The molecule has 3 N–H and O–H groups in total. The summed E-state index contributed by atoms with van der Waals surface area (Å²) in [5.74, 6) is -0.139. The van der Waals surface area contributed by atoms with Gasteiger partial charge in [0.15, 0.2) is 0 Å². The van der Waals surface area contributed by atoms with E-state index in [1.54, 1.807) is 0 Å². The van der Waals surface area contributed by atoms with E-state index in [0.29, 0.717) is 23.9 Å². The molecule has 0 fully saturated rings. The number of phosphoric ester groups is 1. The standard InChI is InChI=1S/C74H143N2O6P/c1-6-8-10-12-14-16-18-20-22-24-26-28-30-32-34-36-37-38-40-41-43-45-47-49-51-53-55-57-59-61-63-65-67-73(77)72(71-82-83(79,80)81-70-69-76(3,4)5)75-74(78)68-66-64-62-60-58-56-54-52-50-48-46-44-42-39-35-33-31-29-27-25-23-21-19-17-15-13-11-9-7-2/h9,11,15,17,21,23,27,29,72-73,77H,6-8,10,12-14,16,18-20,22,24-26,28,30-71H2,1-5H3,(H-,75,78,79,80)/p+1/b11-9-,17-15-,23-21-,29-27-. The number of phosphoric acid groups is 1. The summed E-state index contributed by atoms with van der Waals surface area (Å²) in [4.78, 5) is 23.5. The van der Waals surface area contributed by atoms with E-state index in [2.05, 4.69) is 67.8 Å². The minimum atomic E-state index is -4.33. The highest BCUT2D eigenvalue weighted by Gasteiger charge is 2.28. The molecule has 0 aliphatic rings. The maximum absolute atomic E-state index is 13.1. The number of amides is 1. The van der Waals surface area contributed by atoms with Crippen LogP contribution in [0.2, 0.25) is 0 Å². The molecule has 0 saturated heterocycles. The first-order valence-electron chi connectivity index (χ1n) is 36.5. The largest absolute Gasteiger partial charge is 0.472 e. The second-order valence-corrected chi connectivity index (χ2v) is 27.8. The molecule has 0 saturated carbocycles. The van der Waals surface area contributed by atoms with Crippen LogP contribution in [-0.4, -0.2) is 73.4 Å². The van der Waals surface area contributed by atoms with Crippen LogP contribution in [0.25, 0.3) is 0 Å². The van der Waals surface area contributed by atoms with Crippen molar-refractivity contribution in [2.45, 2.75) is 379 Å². The molecule has 0 aromatic heterocycles. The number of quaternary nitrogens is 1. The molecule has 3 unspecified atom stereocenters. The Balaban J connectivity index is 3.98. The zero-order valence-corrected chi connectivity index (χ0v) is 57.1. The monoisotopic (exact) mass is 1190 g/mol. The van der Waals surface area contributed by atoms with Crippen molar-refractivity contribution in [1.29, 1.82) is 0 Å². The predicted octanol–water partition coefficient (Wildman–Crippen LogP) is 23.4. The first-order valence-corrected chi connectivity index (χ1v) is 38.0. The number of hydrogen-bond donors (Lipinski definition) is 3. The van der Waals surface area contributed by atoms with Crippen LogP contribution in [0.4, 0.5) is 0 Å². The lowest BCUT2D eigenvalue weighted by atomic mass is 10.0. The molecule has 83 heavy (non-hydrogen) atoms. The number of aliphatic hydroxyl groups excluding tert-OH is 1. The van der Waals surface area contributed by atoms with Crippen LogP contribution in [0.1, 0.15) is 367 Å². The summed E-state index contributed by atoms with van der Waals surface area (Å²) in [6.45, 7) is 4.83. The predicted molar refractivity (Wildman–Crippen MR) is 364 cm³/mol. The highest BCUT2D eigenvalue weighted by molar-refractivity contribution is 7.47. The fourth-order valence-corrected chi connectivity index (χ4v) is 12.0.